The van der Waals surface area contributed by atoms with Gasteiger partial charge in [0.25, 0.3) is 0 Å². The van der Waals surface area contributed by atoms with Gasteiger partial charge in [0.2, 0.25) is 0 Å². The molecule has 0 aromatic heterocycles. The number of H-pyrrole nitrogens is 1. The second-order valence-electron chi connectivity index (χ2n) is 5.37. The summed E-state index contributed by atoms with van der Waals surface area (Å²) in [6.45, 7) is 0. The Kier molecular flexibility index (Phi) is 3.06. The van der Waals surface area contributed by atoms with Crippen molar-refractivity contribution in [1.82, 2.24) is 9.97 Å². The highest BCUT2D eigenvalue weighted by atomic mass is 35.5. The number of rotatable bonds is 1. The zero-order valence-electron chi connectivity index (χ0n) is 12.1. The van der Waals surface area contributed by atoms with Gasteiger partial charge in [-0.3, -0.25) is 5.41 Å². The van der Waals surface area contributed by atoms with Gasteiger partial charge in [0.1, 0.15) is 0 Å². The van der Waals surface area contributed by atoms with Crippen molar-refractivity contribution in [1.29, 1.82) is 5.41 Å². The molecule has 1 aliphatic carbocycles. The summed E-state index contributed by atoms with van der Waals surface area (Å²) in [6, 6.07) is 16.9. The van der Waals surface area contributed by atoms with E-state index in [-0.39, 0.29) is 5.36 Å². The van der Waals surface area contributed by atoms with E-state index in [0.29, 0.717) is 10.7 Å². The summed E-state index contributed by atoms with van der Waals surface area (Å²) < 4.78 is 0. The van der Waals surface area contributed by atoms with E-state index in [9.17, 15) is 0 Å². The predicted octanol–water partition coefficient (Wildman–Crippen LogP) is 4.05. The first-order valence-corrected chi connectivity index (χ1v) is 7.53. The summed E-state index contributed by atoms with van der Waals surface area (Å²) in [5.41, 5.74) is 11.6. The number of aromatic nitrogens is 2. The molecule has 1 aliphatic heterocycles. The molecule has 0 spiro atoms. The number of nitrogens with one attached hydrogen (secondary N) is 2. The first-order chi connectivity index (χ1) is 11.1. The third kappa shape index (κ3) is 2.24. The number of halogens is 1. The number of anilines is 1. The summed E-state index contributed by atoms with van der Waals surface area (Å²) >= 11 is 5.98. The predicted molar refractivity (Wildman–Crippen MR) is 93.4 cm³/mol. The van der Waals surface area contributed by atoms with Gasteiger partial charge in [0.15, 0.2) is 0 Å². The second-order valence-corrected chi connectivity index (χ2v) is 5.81. The molecule has 23 heavy (non-hydrogen) atoms. The highest BCUT2D eigenvalue weighted by molar-refractivity contribution is 6.30. The van der Waals surface area contributed by atoms with Gasteiger partial charge in [0.05, 0.1) is 33.5 Å². The van der Waals surface area contributed by atoms with Crippen LogP contribution in [0, 0.1) is 5.41 Å². The lowest BCUT2D eigenvalue weighted by Crippen LogP contribution is -2.12. The van der Waals surface area contributed by atoms with Gasteiger partial charge in [-0.15, -0.1) is 0 Å². The SMILES string of the molecule is N=c1cc2[nH]c3ccccc3nc-2c(-c2ccc(Cl)cc2)c1N. The van der Waals surface area contributed by atoms with Crippen LogP contribution >= 0.6 is 11.6 Å². The Balaban J connectivity index is 2.13. The van der Waals surface area contributed by atoms with Crippen LogP contribution in [0.5, 0.6) is 0 Å². The maximum atomic E-state index is 8.14. The van der Waals surface area contributed by atoms with Gasteiger partial charge in [-0.05, 0) is 35.9 Å². The van der Waals surface area contributed by atoms with Crippen molar-refractivity contribution in [2.24, 2.45) is 0 Å². The molecule has 0 saturated heterocycles. The number of nitrogen functional groups attached to an aromatic ring is 1. The third-order valence-electron chi connectivity index (χ3n) is 3.88. The van der Waals surface area contributed by atoms with Crippen molar-refractivity contribution in [3.63, 3.8) is 0 Å². The van der Waals surface area contributed by atoms with Crippen LogP contribution in [-0.4, -0.2) is 9.97 Å². The standard InChI is InChI=1S/C18H13ClN4/c19-11-7-5-10(6-8-11)16-17(21)12(20)9-15-18(16)23-14-4-2-1-3-13(14)22-15/h1-9,20,22H,21H2. The van der Waals surface area contributed by atoms with Crippen molar-refractivity contribution in [3.05, 3.63) is 65.0 Å². The lowest BCUT2D eigenvalue weighted by molar-refractivity contribution is 1.22. The normalized spacial score (nSPS) is 11.2. The molecule has 0 fully saturated rings. The molecule has 0 saturated carbocycles. The van der Waals surface area contributed by atoms with E-state index in [2.05, 4.69) is 4.98 Å². The molecule has 4 N–H and O–H groups in total. The molecule has 4 rings (SSSR count). The molecular formula is C18H13ClN4. The zero-order chi connectivity index (χ0) is 16.0. The van der Waals surface area contributed by atoms with Gasteiger partial charge in [-0.2, -0.15) is 0 Å². The average molecular weight is 321 g/mol. The van der Waals surface area contributed by atoms with E-state index in [1.165, 1.54) is 0 Å². The van der Waals surface area contributed by atoms with E-state index < -0.39 is 0 Å². The van der Waals surface area contributed by atoms with Crippen molar-refractivity contribution in [2.75, 3.05) is 5.73 Å². The Bertz CT molecular complexity index is 1050. The van der Waals surface area contributed by atoms with E-state index in [1.807, 2.05) is 48.5 Å². The minimum Gasteiger partial charge on any atom is -0.396 e. The first-order valence-electron chi connectivity index (χ1n) is 7.15. The number of nitrogens with two attached hydrogens (primary N) is 1. The number of nitrogens with zero attached hydrogens (tertiary/aromatic N) is 1. The average Bonchev–Trinajstić information content (AvgIpc) is 2.56. The van der Waals surface area contributed by atoms with E-state index in [4.69, 9.17) is 27.7 Å². The van der Waals surface area contributed by atoms with Crippen LogP contribution in [0.1, 0.15) is 0 Å². The molecule has 0 atom stereocenters. The van der Waals surface area contributed by atoms with Crippen LogP contribution < -0.4 is 11.1 Å². The lowest BCUT2D eigenvalue weighted by Gasteiger charge is -2.15. The molecule has 4 nitrogen and oxygen atoms in total. The zero-order valence-corrected chi connectivity index (χ0v) is 12.9. The molecule has 5 heteroatoms. The maximum absolute atomic E-state index is 8.14. The summed E-state index contributed by atoms with van der Waals surface area (Å²) in [7, 11) is 0. The fraction of sp³-hybridized carbons (Fsp3) is 0. The topological polar surface area (TPSA) is 78.5 Å². The summed E-state index contributed by atoms with van der Waals surface area (Å²) in [5.74, 6) is 0. The van der Waals surface area contributed by atoms with Gasteiger partial charge in [-0.25, -0.2) is 4.98 Å². The molecule has 2 aromatic carbocycles. The van der Waals surface area contributed by atoms with Gasteiger partial charge >= 0.3 is 0 Å². The minimum absolute atomic E-state index is 0.274. The smallest absolute Gasteiger partial charge is 0.0973 e. The second kappa shape index (κ2) is 5.11. The van der Waals surface area contributed by atoms with Crippen LogP contribution in [0.4, 0.5) is 5.69 Å². The fourth-order valence-corrected chi connectivity index (χ4v) is 2.88. The molecular weight excluding hydrogens is 308 g/mol. The Labute approximate surface area is 137 Å². The van der Waals surface area contributed by atoms with Crippen molar-refractivity contribution >= 4 is 28.3 Å². The molecule has 112 valence electrons. The number of hydrogen-bond acceptors (Lipinski definition) is 3. The molecule has 0 radical (unpaired) electrons. The van der Waals surface area contributed by atoms with Gasteiger partial charge < -0.3 is 10.7 Å². The maximum Gasteiger partial charge on any atom is 0.0973 e. The molecule has 2 aromatic rings. The van der Waals surface area contributed by atoms with Crippen molar-refractivity contribution in [2.45, 2.75) is 0 Å². The Morgan fingerprint density at radius 1 is 1.04 bits per heavy atom. The summed E-state index contributed by atoms with van der Waals surface area (Å²) in [6.07, 6.45) is 0. The number of aromatic amines is 1. The van der Waals surface area contributed by atoms with Crippen LogP contribution in [0.3, 0.4) is 0 Å². The number of hydrogen-bond donors (Lipinski definition) is 3. The summed E-state index contributed by atoms with van der Waals surface area (Å²) in [4.78, 5) is 8.09. The molecule has 1 heterocycles. The molecule has 0 bridgehead atoms. The van der Waals surface area contributed by atoms with Crippen LogP contribution in [-0.2, 0) is 0 Å². The Hall–Kier alpha value is -2.85. The highest BCUT2D eigenvalue weighted by Crippen LogP contribution is 2.35. The minimum atomic E-state index is 0.274. The highest BCUT2D eigenvalue weighted by Gasteiger charge is 2.17. The van der Waals surface area contributed by atoms with Crippen LogP contribution in [0.15, 0.2) is 54.6 Å². The van der Waals surface area contributed by atoms with Crippen LogP contribution in [0.25, 0.3) is 33.5 Å². The number of fused-ring (bicyclic) bond motifs is 2. The van der Waals surface area contributed by atoms with Crippen LogP contribution in [0.2, 0.25) is 5.02 Å². The van der Waals surface area contributed by atoms with Crippen molar-refractivity contribution < 1.29 is 0 Å². The van der Waals surface area contributed by atoms with E-state index >= 15 is 0 Å². The van der Waals surface area contributed by atoms with Crippen molar-refractivity contribution in [3.8, 4) is 22.5 Å². The summed E-state index contributed by atoms with van der Waals surface area (Å²) in [5, 5.41) is 9.07. The van der Waals surface area contributed by atoms with E-state index in [0.717, 1.165) is 33.5 Å². The van der Waals surface area contributed by atoms with Gasteiger partial charge in [-0.1, -0.05) is 35.9 Å². The number of benzene rings is 3. The largest absolute Gasteiger partial charge is 0.396 e. The van der Waals surface area contributed by atoms with E-state index in [1.54, 1.807) is 6.07 Å². The molecule has 2 aliphatic rings. The monoisotopic (exact) mass is 320 g/mol. The molecule has 0 amide bonds. The quantitative estimate of drug-likeness (QED) is 0.365. The Morgan fingerprint density at radius 3 is 2.57 bits per heavy atom. The molecule has 0 unspecified atom stereocenters. The third-order valence-corrected chi connectivity index (χ3v) is 4.13. The lowest BCUT2D eigenvalue weighted by atomic mass is 9.97. The fourth-order valence-electron chi connectivity index (χ4n) is 2.75. The van der Waals surface area contributed by atoms with Gasteiger partial charge in [0, 0.05) is 10.6 Å². The first kappa shape index (κ1) is 13.8. The number of para-hydroxylation sites is 2. The Morgan fingerprint density at radius 2 is 1.78 bits per heavy atom.